The van der Waals surface area contributed by atoms with Crippen molar-refractivity contribution in [2.45, 2.75) is 46.1 Å². The summed E-state index contributed by atoms with van der Waals surface area (Å²) in [6, 6.07) is -0.807. The van der Waals surface area contributed by atoms with E-state index in [1.165, 1.54) is 0 Å². The van der Waals surface area contributed by atoms with E-state index < -0.39 is 17.4 Å². The molecule has 16 heavy (non-hydrogen) atoms. The first-order chi connectivity index (χ1) is 7.29. The van der Waals surface area contributed by atoms with Crippen LogP contribution in [0.1, 0.15) is 40.0 Å². The highest BCUT2D eigenvalue weighted by Gasteiger charge is 2.26. The van der Waals surface area contributed by atoms with Gasteiger partial charge in [-0.05, 0) is 25.8 Å². The van der Waals surface area contributed by atoms with Crippen molar-refractivity contribution in [3.8, 4) is 0 Å². The molecular formula is C11H22N2O3. The van der Waals surface area contributed by atoms with Crippen LogP contribution in [0.3, 0.4) is 0 Å². The largest absolute Gasteiger partial charge is 0.480 e. The molecule has 0 aromatic heterocycles. The summed E-state index contributed by atoms with van der Waals surface area (Å²) in [6.07, 6.45) is 1.90. The number of rotatable bonds is 6. The molecule has 1 unspecified atom stereocenters. The van der Waals surface area contributed by atoms with Crippen LogP contribution in [0.15, 0.2) is 0 Å². The van der Waals surface area contributed by atoms with Crippen LogP contribution in [0, 0.1) is 5.41 Å². The van der Waals surface area contributed by atoms with Crippen LogP contribution >= 0.6 is 0 Å². The number of nitrogens with two attached hydrogens (primary N) is 1. The SMILES string of the molecule is CC(C)(C)C(=O)NC(CCCCN)C(=O)O. The van der Waals surface area contributed by atoms with Crippen molar-refractivity contribution in [2.75, 3.05) is 6.54 Å². The van der Waals surface area contributed by atoms with Crippen LogP contribution in [-0.2, 0) is 9.59 Å². The molecule has 0 saturated carbocycles. The molecule has 0 heterocycles. The number of amides is 1. The normalized spacial score (nSPS) is 13.2. The number of carbonyl (C=O) groups is 2. The Bertz CT molecular complexity index is 246. The third kappa shape index (κ3) is 5.70. The van der Waals surface area contributed by atoms with Crippen molar-refractivity contribution in [3.05, 3.63) is 0 Å². The minimum atomic E-state index is -0.991. The van der Waals surface area contributed by atoms with Gasteiger partial charge in [-0.15, -0.1) is 0 Å². The maximum Gasteiger partial charge on any atom is 0.326 e. The molecule has 0 aromatic rings. The third-order valence-electron chi connectivity index (χ3n) is 2.23. The van der Waals surface area contributed by atoms with E-state index in [4.69, 9.17) is 10.8 Å². The molecule has 0 aliphatic rings. The van der Waals surface area contributed by atoms with Crippen molar-refractivity contribution in [1.29, 1.82) is 0 Å². The van der Waals surface area contributed by atoms with Gasteiger partial charge in [0.2, 0.25) is 5.91 Å². The Labute approximate surface area is 96.4 Å². The highest BCUT2D eigenvalue weighted by molar-refractivity contribution is 5.86. The number of carboxylic acid groups (broad SMARTS) is 1. The summed E-state index contributed by atoms with van der Waals surface area (Å²) in [5, 5.41) is 11.5. The van der Waals surface area contributed by atoms with E-state index in [0.717, 1.165) is 6.42 Å². The van der Waals surface area contributed by atoms with Crippen molar-refractivity contribution >= 4 is 11.9 Å². The lowest BCUT2D eigenvalue weighted by molar-refractivity contribution is -0.143. The van der Waals surface area contributed by atoms with E-state index in [-0.39, 0.29) is 5.91 Å². The standard InChI is InChI=1S/C11H22N2O3/c1-11(2,3)10(16)13-8(9(14)15)6-4-5-7-12/h8H,4-7,12H2,1-3H3,(H,13,16)(H,14,15). The number of hydrogen-bond donors (Lipinski definition) is 3. The van der Waals surface area contributed by atoms with Crippen molar-refractivity contribution < 1.29 is 14.7 Å². The van der Waals surface area contributed by atoms with E-state index in [9.17, 15) is 9.59 Å². The van der Waals surface area contributed by atoms with Crippen LogP contribution in [0.25, 0.3) is 0 Å². The Morgan fingerprint density at radius 1 is 1.31 bits per heavy atom. The van der Waals surface area contributed by atoms with Crippen molar-refractivity contribution in [2.24, 2.45) is 11.1 Å². The van der Waals surface area contributed by atoms with E-state index in [2.05, 4.69) is 5.32 Å². The molecule has 0 aliphatic carbocycles. The summed E-state index contributed by atoms with van der Waals surface area (Å²) in [4.78, 5) is 22.5. The van der Waals surface area contributed by atoms with Crippen molar-refractivity contribution in [1.82, 2.24) is 5.32 Å². The van der Waals surface area contributed by atoms with Gasteiger partial charge in [-0.2, -0.15) is 0 Å². The van der Waals surface area contributed by atoms with Gasteiger partial charge < -0.3 is 16.2 Å². The second kappa shape index (κ2) is 6.48. The van der Waals surface area contributed by atoms with Crippen LogP contribution in [0.5, 0.6) is 0 Å². The topological polar surface area (TPSA) is 92.4 Å². The van der Waals surface area contributed by atoms with Gasteiger partial charge in [0.15, 0.2) is 0 Å². The van der Waals surface area contributed by atoms with E-state index in [0.29, 0.717) is 19.4 Å². The first-order valence-corrected chi connectivity index (χ1v) is 5.53. The van der Waals surface area contributed by atoms with Crippen molar-refractivity contribution in [3.63, 3.8) is 0 Å². The van der Waals surface area contributed by atoms with Gasteiger partial charge >= 0.3 is 5.97 Å². The molecule has 0 saturated heterocycles. The molecule has 94 valence electrons. The number of nitrogens with one attached hydrogen (secondary N) is 1. The molecule has 0 bridgehead atoms. The predicted molar refractivity (Wildman–Crippen MR) is 61.9 cm³/mol. The predicted octanol–water partition coefficient (Wildman–Crippen LogP) is 0.731. The summed E-state index contributed by atoms with van der Waals surface area (Å²) in [7, 11) is 0. The monoisotopic (exact) mass is 230 g/mol. The zero-order valence-corrected chi connectivity index (χ0v) is 10.2. The molecule has 0 aromatic carbocycles. The van der Waals surface area contributed by atoms with E-state index >= 15 is 0 Å². The lowest BCUT2D eigenvalue weighted by Gasteiger charge is -2.21. The van der Waals surface area contributed by atoms with Gasteiger partial charge in [-0.1, -0.05) is 20.8 Å². The smallest absolute Gasteiger partial charge is 0.326 e. The van der Waals surface area contributed by atoms with Gasteiger partial charge in [-0.25, -0.2) is 4.79 Å². The molecule has 1 amide bonds. The number of unbranched alkanes of at least 4 members (excludes halogenated alkanes) is 1. The number of carboxylic acids is 1. The highest BCUT2D eigenvalue weighted by Crippen LogP contribution is 2.13. The fourth-order valence-corrected chi connectivity index (χ4v) is 1.12. The lowest BCUT2D eigenvalue weighted by atomic mass is 9.95. The number of aliphatic carboxylic acids is 1. The van der Waals surface area contributed by atoms with Crippen LogP contribution in [0.2, 0.25) is 0 Å². The fourth-order valence-electron chi connectivity index (χ4n) is 1.12. The van der Waals surface area contributed by atoms with Crippen LogP contribution in [-0.4, -0.2) is 29.6 Å². The molecular weight excluding hydrogens is 208 g/mol. The second-order valence-corrected chi connectivity index (χ2v) is 4.90. The van der Waals surface area contributed by atoms with E-state index in [1.54, 1.807) is 20.8 Å². The molecule has 0 radical (unpaired) electrons. The van der Waals surface area contributed by atoms with Gasteiger partial charge in [0.25, 0.3) is 0 Å². The Hall–Kier alpha value is -1.10. The lowest BCUT2D eigenvalue weighted by Crippen LogP contribution is -2.45. The van der Waals surface area contributed by atoms with Gasteiger partial charge in [0.05, 0.1) is 0 Å². The summed E-state index contributed by atoms with van der Waals surface area (Å²) in [5.41, 5.74) is 4.76. The zero-order chi connectivity index (χ0) is 12.8. The Balaban J connectivity index is 4.24. The zero-order valence-electron chi connectivity index (χ0n) is 10.2. The molecule has 0 rings (SSSR count). The number of carbonyl (C=O) groups excluding carboxylic acids is 1. The summed E-state index contributed by atoms with van der Waals surface area (Å²) in [6.45, 7) is 5.79. The van der Waals surface area contributed by atoms with Gasteiger partial charge in [0.1, 0.15) is 6.04 Å². The maximum atomic E-state index is 11.6. The minimum absolute atomic E-state index is 0.243. The molecule has 5 nitrogen and oxygen atoms in total. The van der Waals surface area contributed by atoms with Crippen LogP contribution in [0.4, 0.5) is 0 Å². The average molecular weight is 230 g/mol. The minimum Gasteiger partial charge on any atom is -0.480 e. The summed E-state index contributed by atoms with van der Waals surface area (Å²) in [5.74, 6) is -1.23. The average Bonchev–Trinajstić information content (AvgIpc) is 2.14. The Kier molecular flexibility index (Phi) is 6.03. The molecule has 4 N–H and O–H groups in total. The molecule has 5 heteroatoms. The Morgan fingerprint density at radius 2 is 1.88 bits per heavy atom. The molecule has 0 fully saturated rings. The first-order valence-electron chi connectivity index (χ1n) is 5.53. The Morgan fingerprint density at radius 3 is 2.25 bits per heavy atom. The van der Waals surface area contributed by atoms with Gasteiger partial charge in [0, 0.05) is 5.41 Å². The maximum absolute atomic E-state index is 11.6. The second-order valence-electron chi connectivity index (χ2n) is 4.90. The summed E-state index contributed by atoms with van der Waals surface area (Å²) >= 11 is 0. The molecule has 1 atom stereocenters. The quantitative estimate of drug-likeness (QED) is 0.586. The summed E-state index contributed by atoms with van der Waals surface area (Å²) < 4.78 is 0. The van der Waals surface area contributed by atoms with Gasteiger partial charge in [-0.3, -0.25) is 4.79 Å². The van der Waals surface area contributed by atoms with E-state index in [1.807, 2.05) is 0 Å². The highest BCUT2D eigenvalue weighted by atomic mass is 16.4. The fraction of sp³-hybridized carbons (Fsp3) is 0.818. The molecule has 0 aliphatic heterocycles. The number of hydrogen-bond acceptors (Lipinski definition) is 3. The third-order valence-corrected chi connectivity index (χ3v) is 2.23. The van der Waals surface area contributed by atoms with Crippen LogP contribution < -0.4 is 11.1 Å². The first kappa shape index (κ1) is 14.9. The molecule has 0 spiro atoms.